The first kappa shape index (κ1) is 20.3. The molecule has 1 aliphatic rings. The number of hydrogen-bond acceptors (Lipinski definition) is 4. The summed E-state index contributed by atoms with van der Waals surface area (Å²) in [5.41, 5.74) is 1.10. The van der Waals surface area contributed by atoms with Crippen LogP contribution >= 0.6 is 0 Å². The van der Waals surface area contributed by atoms with E-state index in [1.165, 1.54) is 12.3 Å². The topological polar surface area (TPSA) is 59.7 Å². The van der Waals surface area contributed by atoms with Gasteiger partial charge in [-0.25, -0.2) is 18.3 Å². The summed E-state index contributed by atoms with van der Waals surface area (Å²) in [5.74, 6) is 0.437. The Morgan fingerprint density at radius 3 is 2.43 bits per heavy atom. The van der Waals surface area contributed by atoms with Crippen LogP contribution in [-0.2, 0) is 0 Å². The number of methoxy groups -OCH3 is 1. The third-order valence-corrected chi connectivity index (χ3v) is 5.77. The first-order valence-electron chi connectivity index (χ1n) is 10.0. The third kappa shape index (κ3) is 3.51. The Balaban J connectivity index is 1.83. The van der Waals surface area contributed by atoms with E-state index in [0.717, 1.165) is 23.8 Å². The number of rotatable bonds is 4. The van der Waals surface area contributed by atoms with Crippen molar-refractivity contribution in [1.29, 1.82) is 0 Å². The highest BCUT2D eigenvalue weighted by Crippen LogP contribution is 2.30. The number of halogens is 2. The zero-order chi connectivity index (χ0) is 21.4. The van der Waals surface area contributed by atoms with Crippen molar-refractivity contribution < 1.29 is 18.3 Å². The number of aromatic nitrogens is 3. The fraction of sp³-hybridized carbons (Fsp3) is 0.409. The minimum Gasteiger partial charge on any atom is -0.497 e. The van der Waals surface area contributed by atoms with Crippen LogP contribution < -0.4 is 4.74 Å². The Labute approximate surface area is 173 Å². The number of likely N-dealkylation sites (tertiary alicyclic amines) is 1. The molecular weight excluding hydrogens is 390 g/mol. The van der Waals surface area contributed by atoms with Crippen LogP contribution in [0.2, 0.25) is 0 Å². The fourth-order valence-electron chi connectivity index (χ4n) is 4.16. The number of piperidine rings is 1. The molecule has 0 N–H and O–H groups in total. The summed E-state index contributed by atoms with van der Waals surface area (Å²) in [6, 6.07) is 8.45. The molecule has 3 heterocycles. The highest BCUT2D eigenvalue weighted by atomic mass is 19.3. The smallest absolute Gasteiger partial charge is 0.280 e. The Morgan fingerprint density at radius 2 is 1.83 bits per heavy atom. The number of nitrogens with zero attached hydrogens (tertiary/aromatic N) is 4. The average Bonchev–Trinajstić information content (AvgIpc) is 3.16. The number of amides is 1. The molecule has 158 valence electrons. The summed E-state index contributed by atoms with van der Waals surface area (Å²) in [6.07, 6.45) is 1.49. The predicted octanol–water partition coefficient (Wildman–Crippen LogP) is 4.75. The molecule has 6 nitrogen and oxygen atoms in total. The second-order valence-electron chi connectivity index (χ2n) is 7.73. The van der Waals surface area contributed by atoms with E-state index in [1.807, 2.05) is 18.7 Å². The van der Waals surface area contributed by atoms with Crippen LogP contribution in [0.1, 0.15) is 55.6 Å². The number of carbonyl (C=O) groups is 1. The Hall–Kier alpha value is -3.03. The normalized spacial score (nSPS) is 19.5. The first-order chi connectivity index (χ1) is 14.4. The van der Waals surface area contributed by atoms with Gasteiger partial charge in [0.15, 0.2) is 5.65 Å². The highest BCUT2D eigenvalue weighted by Gasteiger charge is 2.32. The minimum atomic E-state index is -2.76. The number of hydrogen-bond donors (Lipinski definition) is 0. The molecule has 2 aromatic heterocycles. The zero-order valence-corrected chi connectivity index (χ0v) is 17.2. The van der Waals surface area contributed by atoms with Crippen molar-refractivity contribution >= 4 is 11.6 Å². The molecular formula is C22H24F2N4O2. The molecule has 4 rings (SSSR count). The summed E-state index contributed by atoms with van der Waals surface area (Å²) < 4.78 is 33.8. The predicted molar refractivity (Wildman–Crippen MR) is 109 cm³/mol. The average molecular weight is 414 g/mol. The minimum absolute atomic E-state index is 0.0792. The van der Waals surface area contributed by atoms with Crippen LogP contribution in [0.3, 0.4) is 0 Å². The second kappa shape index (κ2) is 8.01. The van der Waals surface area contributed by atoms with E-state index < -0.39 is 6.43 Å². The van der Waals surface area contributed by atoms with Crippen molar-refractivity contribution in [3.63, 3.8) is 0 Å². The van der Waals surface area contributed by atoms with Gasteiger partial charge in [0.05, 0.1) is 19.0 Å². The van der Waals surface area contributed by atoms with E-state index in [0.29, 0.717) is 17.0 Å². The number of carbonyl (C=O) groups excluding carboxylic acids is 1. The van der Waals surface area contributed by atoms with Gasteiger partial charge in [-0.2, -0.15) is 5.10 Å². The molecule has 1 aliphatic heterocycles. The summed E-state index contributed by atoms with van der Waals surface area (Å²) >= 11 is 0. The van der Waals surface area contributed by atoms with Crippen molar-refractivity contribution in [3.8, 4) is 17.0 Å². The van der Waals surface area contributed by atoms with Crippen LogP contribution in [-0.4, -0.2) is 44.6 Å². The number of benzene rings is 1. The van der Waals surface area contributed by atoms with Crippen LogP contribution in [0.5, 0.6) is 5.75 Å². The lowest BCUT2D eigenvalue weighted by atomic mass is 9.97. The molecule has 0 aliphatic carbocycles. The van der Waals surface area contributed by atoms with E-state index in [9.17, 15) is 13.6 Å². The second-order valence-corrected chi connectivity index (χ2v) is 7.73. The molecule has 30 heavy (non-hydrogen) atoms. The lowest BCUT2D eigenvalue weighted by molar-refractivity contribution is 0.0512. The summed E-state index contributed by atoms with van der Waals surface area (Å²) in [7, 11) is 1.56. The van der Waals surface area contributed by atoms with Gasteiger partial charge in [-0.15, -0.1) is 0 Å². The maximum atomic E-state index is 13.8. The molecule has 3 aromatic rings. The monoisotopic (exact) mass is 414 g/mol. The van der Waals surface area contributed by atoms with E-state index in [2.05, 4.69) is 10.1 Å². The molecule has 8 heteroatoms. The van der Waals surface area contributed by atoms with Gasteiger partial charge in [-0.05, 0) is 63.4 Å². The molecule has 0 radical (unpaired) electrons. The summed E-state index contributed by atoms with van der Waals surface area (Å²) in [5, 5.41) is 4.07. The lowest BCUT2D eigenvalue weighted by Gasteiger charge is -2.38. The van der Waals surface area contributed by atoms with E-state index in [4.69, 9.17) is 4.74 Å². The molecule has 1 fully saturated rings. The lowest BCUT2D eigenvalue weighted by Crippen LogP contribution is -2.47. The maximum Gasteiger partial charge on any atom is 0.280 e. The van der Waals surface area contributed by atoms with Crippen molar-refractivity contribution in [2.45, 2.75) is 51.6 Å². The number of ether oxygens (including phenoxy) is 1. The SMILES string of the molecule is COc1ccc(-c2cc(C(F)F)n3ncc(C(=O)N4[C@H](C)CCC[C@H]4C)c3n2)cc1. The van der Waals surface area contributed by atoms with Crippen molar-refractivity contribution in [2.24, 2.45) is 0 Å². The van der Waals surface area contributed by atoms with Crippen molar-refractivity contribution in [3.05, 3.63) is 47.8 Å². The quantitative estimate of drug-likeness (QED) is 0.618. The molecule has 0 spiro atoms. The standard InChI is InChI=1S/C22H24F2N4O2/c1-13-5-4-6-14(2)27(13)22(29)17-12-25-28-19(20(23)24)11-18(26-21(17)28)15-7-9-16(30-3)10-8-15/h7-14,20H,4-6H2,1-3H3/t13-,14-/m1/s1. The van der Waals surface area contributed by atoms with Crippen molar-refractivity contribution in [2.75, 3.05) is 7.11 Å². The third-order valence-electron chi connectivity index (χ3n) is 5.77. The van der Waals surface area contributed by atoms with Crippen molar-refractivity contribution in [1.82, 2.24) is 19.5 Å². The van der Waals surface area contributed by atoms with Crippen LogP contribution in [0, 0.1) is 0 Å². The van der Waals surface area contributed by atoms with E-state index >= 15 is 0 Å². The molecule has 0 bridgehead atoms. The van der Waals surface area contributed by atoms with E-state index in [-0.39, 0.29) is 34.9 Å². The largest absolute Gasteiger partial charge is 0.497 e. The van der Waals surface area contributed by atoms with Crippen LogP contribution in [0.25, 0.3) is 16.9 Å². The van der Waals surface area contributed by atoms with Gasteiger partial charge in [0.25, 0.3) is 12.3 Å². The van der Waals surface area contributed by atoms with Gasteiger partial charge >= 0.3 is 0 Å². The molecule has 1 amide bonds. The molecule has 0 unspecified atom stereocenters. The number of fused-ring (bicyclic) bond motifs is 1. The Morgan fingerprint density at radius 1 is 1.17 bits per heavy atom. The highest BCUT2D eigenvalue weighted by molar-refractivity contribution is 6.00. The Kier molecular flexibility index (Phi) is 5.40. The maximum absolute atomic E-state index is 13.8. The van der Waals surface area contributed by atoms with Crippen LogP contribution in [0.4, 0.5) is 8.78 Å². The molecule has 1 aromatic carbocycles. The Bertz CT molecular complexity index is 1050. The number of alkyl halides is 2. The van der Waals surface area contributed by atoms with Gasteiger partial charge in [0, 0.05) is 17.6 Å². The molecule has 0 saturated carbocycles. The van der Waals surface area contributed by atoms with Gasteiger partial charge in [-0.3, -0.25) is 4.79 Å². The van der Waals surface area contributed by atoms with Crippen LogP contribution in [0.15, 0.2) is 36.5 Å². The molecule has 2 atom stereocenters. The van der Waals surface area contributed by atoms with Gasteiger partial charge in [-0.1, -0.05) is 0 Å². The molecule has 1 saturated heterocycles. The summed E-state index contributed by atoms with van der Waals surface area (Å²) in [6.45, 7) is 4.03. The summed E-state index contributed by atoms with van der Waals surface area (Å²) in [4.78, 5) is 19.7. The first-order valence-corrected chi connectivity index (χ1v) is 10.0. The van der Waals surface area contributed by atoms with E-state index in [1.54, 1.807) is 31.4 Å². The van der Waals surface area contributed by atoms with Gasteiger partial charge < -0.3 is 9.64 Å². The fourth-order valence-corrected chi connectivity index (χ4v) is 4.16. The van der Waals surface area contributed by atoms with Gasteiger partial charge in [0.2, 0.25) is 0 Å². The van der Waals surface area contributed by atoms with Gasteiger partial charge in [0.1, 0.15) is 17.0 Å². The zero-order valence-electron chi connectivity index (χ0n) is 17.2.